The van der Waals surface area contributed by atoms with Gasteiger partial charge in [-0.15, -0.1) is 0 Å². The fourth-order valence-corrected chi connectivity index (χ4v) is 1.27. The zero-order chi connectivity index (χ0) is 11.5. The van der Waals surface area contributed by atoms with Crippen molar-refractivity contribution in [3.8, 4) is 0 Å². The van der Waals surface area contributed by atoms with E-state index in [-0.39, 0.29) is 0 Å². The van der Waals surface area contributed by atoms with Gasteiger partial charge in [-0.1, -0.05) is 0 Å². The second kappa shape index (κ2) is 4.61. The third kappa shape index (κ3) is 3.57. The SMILES string of the molecule is FC(F)(F)C(F)(F)COC1CCCNC1. The molecule has 2 nitrogen and oxygen atoms in total. The van der Waals surface area contributed by atoms with E-state index in [0.29, 0.717) is 13.0 Å². The molecule has 1 rings (SSSR count). The molecule has 1 atom stereocenters. The first-order chi connectivity index (χ1) is 6.83. The van der Waals surface area contributed by atoms with Crippen LogP contribution in [0.5, 0.6) is 0 Å². The summed E-state index contributed by atoms with van der Waals surface area (Å²) in [5, 5.41) is 2.86. The van der Waals surface area contributed by atoms with Crippen LogP contribution in [0.3, 0.4) is 0 Å². The van der Waals surface area contributed by atoms with E-state index in [1.165, 1.54) is 0 Å². The molecule has 15 heavy (non-hydrogen) atoms. The molecule has 0 bridgehead atoms. The zero-order valence-electron chi connectivity index (χ0n) is 7.91. The largest absolute Gasteiger partial charge is 0.455 e. The lowest BCUT2D eigenvalue weighted by Crippen LogP contribution is -2.44. The minimum absolute atomic E-state index is 0.327. The fourth-order valence-electron chi connectivity index (χ4n) is 1.27. The van der Waals surface area contributed by atoms with Gasteiger partial charge in [0.15, 0.2) is 0 Å². The number of nitrogens with one attached hydrogen (secondary N) is 1. The van der Waals surface area contributed by atoms with Gasteiger partial charge in [0.05, 0.1) is 6.10 Å². The highest BCUT2D eigenvalue weighted by atomic mass is 19.4. The number of rotatable bonds is 3. The van der Waals surface area contributed by atoms with Crippen LogP contribution in [0.25, 0.3) is 0 Å². The van der Waals surface area contributed by atoms with Crippen LogP contribution in [0, 0.1) is 0 Å². The Labute approximate surface area is 83.8 Å². The van der Waals surface area contributed by atoms with Crippen molar-refractivity contribution in [1.29, 1.82) is 0 Å². The molecule has 0 aromatic heterocycles. The number of alkyl halides is 5. The van der Waals surface area contributed by atoms with Crippen LogP contribution < -0.4 is 5.32 Å². The standard InChI is InChI=1S/C8H12F5NO/c9-7(10,8(11,12)13)5-15-6-2-1-3-14-4-6/h6,14H,1-5H2. The van der Waals surface area contributed by atoms with Crippen LogP contribution in [-0.4, -0.2) is 37.9 Å². The second-order valence-corrected chi connectivity index (χ2v) is 3.48. The summed E-state index contributed by atoms with van der Waals surface area (Å²) in [4.78, 5) is 0. The molecule has 0 radical (unpaired) electrons. The lowest BCUT2D eigenvalue weighted by Gasteiger charge is -2.26. The van der Waals surface area contributed by atoms with Crippen LogP contribution in [-0.2, 0) is 4.74 Å². The van der Waals surface area contributed by atoms with Gasteiger partial charge in [0.1, 0.15) is 6.61 Å². The normalized spacial score (nSPS) is 24.2. The van der Waals surface area contributed by atoms with Gasteiger partial charge in [0, 0.05) is 6.54 Å². The van der Waals surface area contributed by atoms with E-state index in [1.54, 1.807) is 0 Å². The summed E-state index contributed by atoms with van der Waals surface area (Å²) >= 11 is 0. The van der Waals surface area contributed by atoms with Gasteiger partial charge in [-0.3, -0.25) is 0 Å². The first kappa shape index (κ1) is 12.6. The third-order valence-electron chi connectivity index (χ3n) is 2.17. The number of hydrogen-bond acceptors (Lipinski definition) is 2. The van der Waals surface area contributed by atoms with Gasteiger partial charge in [-0.05, 0) is 19.4 Å². The van der Waals surface area contributed by atoms with Crippen LogP contribution in [0.2, 0.25) is 0 Å². The molecule has 1 unspecified atom stereocenters. The van der Waals surface area contributed by atoms with E-state index in [1.807, 2.05) is 0 Å². The average molecular weight is 233 g/mol. The maximum Gasteiger partial charge on any atom is 0.455 e. The maximum atomic E-state index is 12.4. The molecule has 90 valence electrons. The molecule has 0 aliphatic carbocycles. The average Bonchev–Trinajstić information content (AvgIpc) is 2.15. The number of ether oxygens (including phenoxy) is 1. The maximum absolute atomic E-state index is 12.4. The van der Waals surface area contributed by atoms with Gasteiger partial charge < -0.3 is 10.1 Å². The molecule has 1 N–H and O–H groups in total. The van der Waals surface area contributed by atoms with Crippen molar-refractivity contribution >= 4 is 0 Å². The molecule has 1 heterocycles. The van der Waals surface area contributed by atoms with Crippen molar-refractivity contribution in [2.24, 2.45) is 0 Å². The summed E-state index contributed by atoms with van der Waals surface area (Å²) < 4.78 is 64.6. The van der Waals surface area contributed by atoms with Crippen molar-refractivity contribution in [2.45, 2.75) is 31.0 Å². The van der Waals surface area contributed by atoms with Gasteiger partial charge >= 0.3 is 12.1 Å². The third-order valence-corrected chi connectivity index (χ3v) is 2.17. The molecule has 0 spiro atoms. The lowest BCUT2D eigenvalue weighted by atomic mass is 10.1. The van der Waals surface area contributed by atoms with E-state index >= 15 is 0 Å². The van der Waals surface area contributed by atoms with Gasteiger partial charge in [0.25, 0.3) is 0 Å². The summed E-state index contributed by atoms with van der Waals surface area (Å²) in [5.41, 5.74) is 0. The van der Waals surface area contributed by atoms with Crippen molar-refractivity contribution in [2.75, 3.05) is 19.7 Å². The monoisotopic (exact) mass is 233 g/mol. The molecule has 7 heteroatoms. The second-order valence-electron chi connectivity index (χ2n) is 3.48. The molecule has 1 aliphatic rings. The summed E-state index contributed by atoms with van der Waals surface area (Å²) in [6.45, 7) is -0.522. The van der Waals surface area contributed by atoms with Crippen molar-refractivity contribution < 1.29 is 26.7 Å². The predicted molar refractivity (Wildman–Crippen MR) is 42.8 cm³/mol. The van der Waals surface area contributed by atoms with Gasteiger partial charge in [-0.25, -0.2) is 0 Å². The Kier molecular flexibility index (Phi) is 3.88. The van der Waals surface area contributed by atoms with Gasteiger partial charge in [0.2, 0.25) is 0 Å². The summed E-state index contributed by atoms with van der Waals surface area (Å²) in [7, 11) is 0. The first-order valence-corrected chi connectivity index (χ1v) is 4.60. The van der Waals surface area contributed by atoms with Crippen molar-refractivity contribution in [1.82, 2.24) is 5.32 Å². The van der Waals surface area contributed by atoms with Gasteiger partial charge in [-0.2, -0.15) is 22.0 Å². The Balaban J connectivity index is 2.35. The predicted octanol–water partition coefficient (Wildman–Crippen LogP) is 1.95. The minimum Gasteiger partial charge on any atom is -0.370 e. The van der Waals surface area contributed by atoms with E-state index in [0.717, 1.165) is 13.0 Å². The minimum atomic E-state index is -5.53. The number of piperidine rings is 1. The molecule has 1 aliphatic heterocycles. The van der Waals surface area contributed by atoms with Crippen molar-refractivity contribution in [3.05, 3.63) is 0 Å². The topological polar surface area (TPSA) is 21.3 Å². The Hall–Kier alpha value is -0.430. The Morgan fingerprint density at radius 2 is 1.87 bits per heavy atom. The highest BCUT2D eigenvalue weighted by molar-refractivity contribution is 4.77. The molecule has 1 fully saturated rings. The van der Waals surface area contributed by atoms with Crippen LogP contribution >= 0.6 is 0 Å². The van der Waals surface area contributed by atoms with E-state index in [9.17, 15) is 22.0 Å². The van der Waals surface area contributed by atoms with Crippen LogP contribution in [0.1, 0.15) is 12.8 Å². The fraction of sp³-hybridized carbons (Fsp3) is 1.00. The Morgan fingerprint density at radius 1 is 1.20 bits per heavy atom. The Bertz CT molecular complexity index is 200. The molecule has 1 saturated heterocycles. The zero-order valence-corrected chi connectivity index (χ0v) is 7.91. The highest BCUT2D eigenvalue weighted by Crippen LogP contribution is 2.35. The summed E-state index contributed by atoms with van der Waals surface area (Å²) in [5.74, 6) is -4.76. The quantitative estimate of drug-likeness (QED) is 0.752. The highest BCUT2D eigenvalue weighted by Gasteiger charge is 2.57. The number of hydrogen-bond donors (Lipinski definition) is 1. The van der Waals surface area contributed by atoms with E-state index in [4.69, 9.17) is 0 Å². The number of halogens is 5. The van der Waals surface area contributed by atoms with Crippen LogP contribution in [0.15, 0.2) is 0 Å². The molecular formula is C8H12F5NO. The first-order valence-electron chi connectivity index (χ1n) is 4.60. The molecule has 0 saturated carbocycles. The Morgan fingerprint density at radius 3 is 2.33 bits per heavy atom. The summed E-state index contributed by atoms with van der Waals surface area (Å²) in [6.07, 6.45) is -4.84. The van der Waals surface area contributed by atoms with Crippen molar-refractivity contribution in [3.63, 3.8) is 0 Å². The smallest absolute Gasteiger partial charge is 0.370 e. The molecule has 0 amide bonds. The van der Waals surface area contributed by atoms with E-state index in [2.05, 4.69) is 10.1 Å². The summed E-state index contributed by atoms with van der Waals surface area (Å²) in [6, 6.07) is 0. The van der Waals surface area contributed by atoms with Crippen LogP contribution in [0.4, 0.5) is 22.0 Å². The molecular weight excluding hydrogens is 221 g/mol. The molecule has 0 aromatic rings. The van der Waals surface area contributed by atoms with E-state index < -0.39 is 24.8 Å². The molecule has 0 aromatic carbocycles. The lowest BCUT2D eigenvalue weighted by molar-refractivity contribution is -0.300.